The number of nitrogens with zero attached hydrogens (tertiary/aromatic N) is 1. The van der Waals surface area contributed by atoms with E-state index < -0.39 is 0 Å². The second-order valence-electron chi connectivity index (χ2n) is 5.53. The van der Waals surface area contributed by atoms with Crippen molar-refractivity contribution in [3.05, 3.63) is 0 Å². The van der Waals surface area contributed by atoms with Crippen molar-refractivity contribution in [3.8, 4) is 0 Å². The highest BCUT2D eigenvalue weighted by molar-refractivity contribution is 5.86. The quantitative estimate of drug-likeness (QED) is 0.368. The summed E-state index contributed by atoms with van der Waals surface area (Å²) in [6, 6.07) is 0. The second-order valence-corrected chi connectivity index (χ2v) is 5.53. The maximum absolute atomic E-state index is 11.7. The van der Waals surface area contributed by atoms with Gasteiger partial charge in [0.15, 0.2) is 0 Å². The van der Waals surface area contributed by atoms with E-state index >= 15 is 0 Å². The summed E-state index contributed by atoms with van der Waals surface area (Å²) in [5, 5.41) is 0. The number of ether oxygens (including phenoxy) is 4. The van der Waals surface area contributed by atoms with Crippen molar-refractivity contribution in [1.82, 2.24) is 4.90 Å². The van der Waals surface area contributed by atoms with E-state index in [1.54, 1.807) is 11.9 Å². The maximum atomic E-state index is 11.7. The van der Waals surface area contributed by atoms with Gasteiger partial charge in [0, 0.05) is 26.6 Å². The molecular weight excluding hydrogens is 302 g/mol. The Balaban J connectivity index is 1.84. The Hall–Kier alpha value is -1.18. The van der Waals surface area contributed by atoms with Crippen LogP contribution < -0.4 is 0 Å². The number of likely N-dealkylation sites (tertiary alicyclic amines) is 1. The smallest absolute Gasteiger partial charge is 0.311 e. The molecule has 0 aromatic carbocycles. The number of hydrogen-bond donors (Lipinski definition) is 0. The van der Waals surface area contributed by atoms with Crippen LogP contribution in [0.5, 0.6) is 0 Å². The fraction of sp³-hybridized carbons (Fsp3) is 0.875. The Kier molecular flexibility index (Phi) is 10.6. The molecule has 0 radical (unpaired) electrons. The molecule has 1 unspecified atom stereocenters. The topological polar surface area (TPSA) is 74.3 Å². The van der Waals surface area contributed by atoms with Gasteiger partial charge < -0.3 is 23.8 Å². The molecule has 1 aliphatic heterocycles. The second kappa shape index (κ2) is 12.3. The van der Waals surface area contributed by atoms with Gasteiger partial charge in [0.1, 0.15) is 6.61 Å². The van der Waals surface area contributed by atoms with Gasteiger partial charge in [-0.1, -0.05) is 13.3 Å². The summed E-state index contributed by atoms with van der Waals surface area (Å²) in [6.07, 6.45) is 2.45. The lowest BCUT2D eigenvalue weighted by Crippen LogP contribution is -2.23. The van der Waals surface area contributed by atoms with Gasteiger partial charge in [-0.25, -0.2) is 0 Å². The molecule has 1 fully saturated rings. The zero-order chi connectivity index (χ0) is 16.9. The van der Waals surface area contributed by atoms with Crippen molar-refractivity contribution in [2.24, 2.45) is 5.92 Å². The monoisotopic (exact) mass is 331 g/mol. The number of hydrogen-bond acceptors (Lipinski definition) is 6. The van der Waals surface area contributed by atoms with Crippen LogP contribution in [0.15, 0.2) is 0 Å². The lowest BCUT2D eigenvalue weighted by molar-refractivity contribution is -0.150. The van der Waals surface area contributed by atoms with E-state index in [4.69, 9.17) is 18.9 Å². The molecule has 1 atom stereocenters. The number of rotatable bonds is 13. The Morgan fingerprint density at radius 2 is 1.61 bits per heavy atom. The first kappa shape index (κ1) is 19.9. The molecule has 0 aromatic heterocycles. The SMILES string of the molecule is CCCCOCCOCCOCCOC(=O)C1CC(=O)N(C)C1. The van der Waals surface area contributed by atoms with Gasteiger partial charge in [-0.15, -0.1) is 0 Å². The van der Waals surface area contributed by atoms with Crippen LogP contribution in [0.25, 0.3) is 0 Å². The van der Waals surface area contributed by atoms with Gasteiger partial charge in [-0.3, -0.25) is 9.59 Å². The minimum atomic E-state index is -0.344. The van der Waals surface area contributed by atoms with Crippen LogP contribution in [0.2, 0.25) is 0 Å². The standard InChI is InChI=1S/C16H29NO6/c1-3-4-5-20-6-7-21-8-9-22-10-11-23-16(19)14-12-15(18)17(2)13-14/h14H,3-13H2,1-2H3. The molecule has 1 rings (SSSR count). The molecule has 0 bridgehead atoms. The molecule has 1 amide bonds. The van der Waals surface area contributed by atoms with Gasteiger partial charge in [-0.2, -0.15) is 0 Å². The fourth-order valence-corrected chi connectivity index (χ4v) is 2.13. The van der Waals surface area contributed by atoms with E-state index in [-0.39, 0.29) is 30.8 Å². The van der Waals surface area contributed by atoms with E-state index in [1.165, 1.54) is 0 Å². The average Bonchev–Trinajstić information content (AvgIpc) is 2.87. The zero-order valence-corrected chi connectivity index (χ0v) is 14.3. The predicted molar refractivity (Wildman–Crippen MR) is 84.1 cm³/mol. The first-order valence-corrected chi connectivity index (χ1v) is 8.29. The molecule has 7 heteroatoms. The summed E-state index contributed by atoms with van der Waals surface area (Å²) in [5.74, 6) is -0.686. The van der Waals surface area contributed by atoms with Gasteiger partial charge in [0.2, 0.25) is 5.91 Å². The van der Waals surface area contributed by atoms with Crippen molar-refractivity contribution >= 4 is 11.9 Å². The Bertz CT molecular complexity index is 349. The number of esters is 1. The first-order valence-electron chi connectivity index (χ1n) is 8.29. The van der Waals surface area contributed by atoms with Crippen molar-refractivity contribution < 1.29 is 28.5 Å². The molecule has 0 spiro atoms. The van der Waals surface area contributed by atoms with Gasteiger partial charge in [0.25, 0.3) is 0 Å². The minimum absolute atomic E-state index is 0.0148. The molecule has 1 saturated heterocycles. The van der Waals surface area contributed by atoms with Crippen LogP contribution in [0.3, 0.4) is 0 Å². The Morgan fingerprint density at radius 3 is 2.13 bits per heavy atom. The van der Waals surface area contributed by atoms with Crippen molar-refractivity contribution in [3.63, 3.8) is 0 Å². The van der Waals surface area contributed by atoms with Crippen LogP contribution in [-0.2, 0) is 28.5 Å². The van der Waals surface area contributed by atoms with Gasteiger partial charge in [-0.05, 0) is 6.42 Å². The molecule has 0 aromatic rings. The lowest BCUT2D eigenvalue weighted by atomic mass is 10.1. The fourth-order valence-electron chi connectivity index (χ4n) is 2.13. The average molecular weight is 331 g/mol. The number of carbonyl (C=O) groups is 2. The van der Waals surface area contributed by atoms with Crippen LogP contribution in [0, 0.1) is 5.92 Å². The van der Waals surface area contributed by atoms with Gasteiger partial charge >= 0.3 is 5.97 Å². The van der Waals surface area contributed by atoms with E-state index in [2.05, 4.69) is 6.92 Å². The molecule has 23 heavy (non-hydrogen) atoms. The largest absolute Gasteiger partial charge is 0.463 e. The highest BCUT2D eigenvalue weighted by Gasteiger charge is 2.33. The molecule has 1 heterocycles. The number of carbonyl (C=O) groups excluding carboxylic acids is 2. The van der Waals surface area contributed by atoms with E-state index in [0.717, 1.165) is 19.4 Å². The lowest BCUT2D eigenvalue weighted by Gasteiger charge is -2.10. The predicted octanol–water partition coefficient (Wildman–Crippen LogP) is 0.858. The maximum Gasteiger partial charge on any atom is 0.311 e. The van der Waals surface area contributed by atoms with E-state index in [0.29, 0.717) is 39.6 Å². The molecule has 1 aliphatic rings. The third-order valence-corrected chi connectivity index (χ3v) is 3.53. The summed E-state index contributed by atoms with van der Waals surface area (Å²) >= 11 is 0. The molecule has 134 valence electrons. The molecule has 7 nitrogen and oxygen atoms in total. The molecule has 0 N–H and O–H groups in total. The molecule has 0 aliphatic carbocycles. The van der Waals surface area contributed by atoms with Crippen LogP contribution in [0.4, 0.5) is 0 Å². The Labute approximate surface area is 138 Å². The van der Waals surface area contributed by atoms with Crippen molar-refractivity contribution in [1.29, 1.82) is 0 Å². The Morgan fingerprint density at radius 1 is 1.04 bits per heavy atom. The summed E-state index contributed by atoms with van der Waals surface area (Å²) in [5.41, 5.74) is 0. The molecule has 0 saturated carbocycles. The van der Waals surface area contributed by atoms with Crippen LogP contribution in [0.1, 0.15) is 26.2 Å². The van der Waals surface area contributed by atoms with Gasteiger partial charge in [0.05, 0.1) is 39.0 Å². The van der Waals surface area contributed by atoms with E-state index in [9.17, 15) is 9.59 Å². The van der Waals surface area contributed by atoms with Crippen molar-refractivity contribution in [2.75, 3.05) is 59.8 Å². The number of unbranched alkanes of at least 4 members (excludes halogenated alkanes) is 1. The highest BCUT2D eigenvalue weighted by atomic mass is 16.6. The summed E-state index contributed by atoms with van der Waals surface area (Å²) in [7, 11) is 1.69. The third kappa shape index (κ3) is 8.88. The highest BCUT2D eigenvalue weighted by Crippen LogP contribution is 2.17. The van der Waals surface area contributed by atoms with Crippen molar-refractivity contribution in [2.45, 2.75) is 26.2 Å². The van der Waals surface area contributed by atoms with Crippen LogP contribution >= 0.6 is 0 Å². The normalized spacial score (nSPS) is 17.7. The third-order valence-electron chi connectivity index (χ3n) is 3.53. The zero-order valence-electron chi connectivity index (χ0n) is 14.3. The summed E-state index contributed by atoms with van der Waals surface area (Å²) in [6.45, 7) is 5.99. The molecular formula is C16H29NO6. The number of amides is 1. The minimum Gasteiger partial charge on any atom is -0.463 e. The van der Waals surface area contributed by atoms with E-state index in [1.807, 2.05) is 0 Å². The summed E-state index contributed by atoms with van der Waals surface area (Å²) < 4.78 is 21.1. The summed E-state index contributed by atoms with van der Waals surface area (Å²) in [4.78, 5) is 24.6. The first-order chi connectivity index (χ1) is 11.1. The van der Waals surface area contributed by atoms with Crippen LogP contribution in [-0.4, -0.2) is 76.6 Å².